The highest BCUT2D eigenvalue weighted by Crippen LogP contribution is 2.17. The van der Waals surface area contributed by atoms with Gasteiger partial charge in [-0.1, -0.05) is 6.07 Å². The standard InChI is InChI=1S/C19H21NO4/c1-23-16-11-9-14(10-12-16)18(21)7-4-8-19(22)20-15-5-3-6-17(13-15)24-2/h3,5-6,9-13H,4,7-8H2,1-2H3,(H,20,22). The molecule has 0 saturated carbocycles. The van der Waals surface area contributed by atoms with Crippen molar-refractivity contribution in [2.75, 3.05) is 19.5 Å². The average Bonchev–Trinajstić information content (AvgIpc) is 2.61. The summed E-state index contributed by atoms with van der Waals surface area (Å²) in [4.78, 5) is 24.0. The number of hydrogen-bond donors (Lipinski definition) is 1. The second-order valence-corrected chi connectivity index (χ2v) is 5.29. The number of anilines is 1. The van der Waals surface area contributed by atoms with Gasteiger partial charge in [0.05, 0.1) is 14.2 Å². The fourth-order valence-corrected chi connectivity index (χ4v) is 2.26. The zero-order chi connectivity index (χ0) is 17.4. The van der Waals surface area contributed by atoms with Gasteiger partial charge in [-0.05, 0) is 42.8 Å². The Bertz CT molecular complexity index is 695. The molecule has 5 heteroatoms. The molecular weight excluding hydrogens is 306 g/mol. The number of carbonyl (C=O) groups excluding carboxylic acids is 2. The summed E-state index contributed by atoms with van der Waals surface area (Å²) in [7, 11) is 3.16. The van der Waals surface area contributed by atoms with Gasteiger partial charge in [-0.3, -0.25) is 9.59 Å². The third-order valence-electron chi connectivity index (χ3n) is 3.57. The molecule has 0 radical (unpaired) electrons. The first-order valence-electron chi connectivity index (χ1n) is 7.73. The monoisotopic (exact) mass is 327 g/mol. The van der Waals surface area contributed by atoms with Crippen molar-refractivity contribution in [2.45, 2.75) is 19.3 Å². The molecule has 1 N–H and O–H groups in total. The van der Waals surface area contributed by atoms with Crippen molar-refractivity contribution in [3.8, 4) is 11.5 Å². The Morgan fingerprint density at radius 1 is 0.917 bits per heavy atom. The third-order valence-corrected chi connectivity index (χ3v) is 3.57. The van der Waals surface area contributed by atoms with Gasteiger partial charge in [0.1, 0.15) is 11.5 Å². The Kier molecular flexibility index (Phi) is 6.37. The van der Waals surface area contributed by atoms with Crippen LogP contribution in [0.3, 0.4) is 0 Å². The summed E-state index contributed by atoms with van der Waals surface area (Å²) in [6, 6.07) is 14.1. The highest BCUT2D eigenvalue weighted by Gasteiger charge is 2.08. The minimum atomic E-state index is -0.120. The predicted molar refractivity (Wildman–Crippen MR) is 92.8 cm³/mol. The molecule has 0 saturated heterocycles. The maximum Gasteiger partial charge on any atom is 0.224 e. The van der Waals surface area contributed by atoms with E-state index in [0.717, 1.165) is 0 Å². The number of rotatable bonds is 8. The van der Waals surface area contributed by atoms with E-state index in [4.69, 9.17) is 9.47 Å². The zero-order valence-electron chi connectivity index (χ0n) is 13.9. The van der Waals surface area contributed by atoms with Gasteiger partial charge in [0.25, 0.3) is 0 Å². The molecule has 24 heavy (non-hydrogen) atoms. The smallest absolute Gasteiger partial charge is 0.224 e. The molecule has 0 unspecified atom stereocenters. The quantitative estimate of drug-likeness (QED) is 0.751. The lowest BCUT2D eigenvalue weighted by Gasteiger charge is -2.07. The van der Waals surface area contributed by atoms with Crippen LogP contribution in [0.25, 0.3) is 0 Å². The van der Waals surface area contributed by atoms with Crippen LogP contribution in [0.4, 0.5) is 5.69 Å². The number of methoxy groups -OCH3 is 2. The van der Waals surface area contributed by atoms with Crippen LogP contribution in [0.5, 0.6) is 11.5 Å². The molecule has 0 heterocycles. The summed E-state index contributed by atoms with van der Waals surface area (Å²) in [6.45, 7) is 0. The van der Waals surface area contributed by atoms with Crippen molar-refractivity contribution in [1.29, 1.82) is 0 Å². The summed E-state index contributed by atoms with van der Waals surface area (Å²) in [5.74, 6) is 1.30. The highest BCUT2D eigenvalue weighted by atomic mass is 16.5. The van der Waals surface area contributed by atoms with Crippen LogP contribution < -0.4 is 14.8 Å². The van der Waals surface area contributed by atoms with Gasteiger partial charge >= 0.3 is 0 Å². The Balaban J connectivity index is 1.78. The zero-order valence-corrected chi connectivity index (χ0v) is 13.9. The summed E-state index contributed by atoms with van der Waals surface area (Å²) >= 11 is 0. The summed E-state index contributed by atoms with van der Waals surface area (Å²) in [5.41, 5.74) is 1.31. The molecule has 2 rings (SSSR count). The molecule has 0 fully saturated rings. The van der Waals surface area contributed by atoms with E-state index in [1.807, 2.05) is 12.1 Å². The van der Waals surface area contributed by atoms with Crippen molar-refractivity contribution in [1.82, 2.24) is 0 Å². The summed E-state index contributed by atoms with van der Waals surface area (Å²) in [6.07, 6.45) is 1.12. The number of ketones is 1. The number of hydrogen-bond acceptors (Lipinski definition) is 4. The molecule has 0 aliphatic heterocycles. The van der Waals surface area contributed by atoms with E-state index in [9.17, 15) is 9.59 Å². The molecule has 1 amide bonds. The molecule has 2 aromatic rings. The maximum absolute atomic E-state index is 12.1. The number of Topliss-reactive ketones (excluding diaryl/α,β-unsaturated/α-hetero) is 1. The topological polar surface area (TPSA) is 64.6 Å². The Labute approximate surface area is 141 Å². The predicted octanol–water partition coefficient (Wildman–Crippen LogP) is 3.70. The lowest BCUT2D eigenvalue weighted by Crippen LogP contribution is -2.12. The van der Waals surface area contributed by atoms with Crippen LogP contribution in [0.1, 0.15) is 29.6 Å². The fraction of sp³-hybridized carbons (Fsp3) is 0.263. The SMILES string of the molecule is COc1ccc(C(=O)CCCC(=O)Nc2cccc(OC)c2)cc1. The molecule has 0 bridgehead atoms. The highest BCUT2D eigenvalue weighted by molar-refractivity contribution is 5.96. The fourth-order valence-electron chi connectivity index (χ4n) is 2.26. The molecule has 0 aliphatic rings. The molecular formula is C19H21NO4. The number of benzene rings is 2. The molecule has 0 spiro atoms. The van der Waals surface area contributed by atoms with Gasteiger partial charge in [0.2, 0.25) is 5.91 Å². The second-order valence-electron chi connectivity index (χ2n) is 5.29. The van der Waals surface area contributed by atoms with Gasteiger partial charge < -0.3 is 14.8 Å². The van der Waals surface area contributed by atoms with Gasteiger partial charge in [0, 0.05) is 30.2 Å². The van der Waals surface area contributed by atoms with E-state index < -0.39 is 0 Å². The van der Waals surface area contributed by atoms with Gasteiger partial charge in [-0.2, -0.15) is 0 Å². The largest absolute Gasteiger partial charge is 0.497 e. The first kappa shape index (κ1) is 17.5. The average molecular weight is 327 g/mol. The van der Waals surface area contributed by atoms with E-state index in [-0.39, 0.29) is 11.7 Å². The van der Waals surface area contributed by atoms with Crippen molar-refractivity contribution >= 4 is 17.4 Å². The number of carbonyl (C=O) groups is 2. The number of ether oxygens (including phenoxy) is 2. The van der Waals surface area contributed by atoms with Gasteiger partial charge in [-0.25, -0.2) is 0 Å². The van der Waals surface area contributed by atoms with E-state index in [0.29, 0.717) is 42.0 Å². The van der Waals surface area contributed by atoms with Crippen molar-refractivity contribution in [3.63, 3.8) is 0 Å². The summed E-state index contributed by atoms with van der Waals surface area (Å²) in [5, 5.41) is 2.80. The first-order chi connectivity index (χ1) is 11.6. The lowest BCUT2D eigenvalue weighted by atomic mass is 10.1. The molecule has 0 aromatic heterocycles. The third kappa shape index (κ3) is 5.12. The van der Waals surface area contributed by atoms with E-state index in [1.54, 1.807) is 50.6 Å². The molecule has 5 nitrogen and oxygen atoms in total. The van der Waals surface area contributed by atoms with Gasteiger partial charge in [-0.15, -0.1) is 0 Å². The van der Waals surface area contributed by atoms with Crippen LogP contribution in [-0.4, -0.2) is 25.9 Å². The Morgan fingerprint density at radius 2 is 1.62 bits per heavy atom. The lowest BCUT2D eigenvalue weighted by molar-refractivity contribution is -0.116. The van der Waals surface area contributed by atoms with Crippen molar-refractivity contribution in [3.05, 3.63) is 54.1 Å². The number of amides is 1. The first-order valence-corrected chi connectivity index (χ1v) is 7.73. The minimum Gasteiger partial charge on any atom is -0.497 e. The van der Waals surface area contributed by atoms with Crippen LogP contribution in [-0.2, 0) is 4.79 Å². The van der Waals surface area contributed by atoms with Crippen LogP contribution in [0.15, 0.2) is 48.5 Å². The Hall–Kier alpha value is -2.82. The van der Waals surface area contributed by atoms with E-state index in [2.05, 4.69) is 5.32 Å². The van der Waals surface area contributed by atoms with Crippen molar-refractivity contribution < 1.29 is 19.1 Å². The van der Waals surface area contributed by atoms with Crippen LogP contribution in [0, 0.1) is 0 Å². The normalized spacial score (nSPS) is 10.1. The summed E-state index contributed by atoms with van der Waals surface area (Å²) < 4.78 is 10.2. The van der Waals surface area contributed by atoms with E-state index in [1.165, 1.54) is 0 Å². The molecule has 2 aromatic carbocycles. The molecule has 126 valence electrons. The van der Waals surface area contributed by atoms with Crippen LogP contribution in [0.2, 0.25) is 0 Å². The second kappa shape index (κ2) is 8.72. The van der Waals surface area contributed by atoms with Gasteiger partial charge in [0.15, 0.2) is 5.78 Å². The van der Waals surface area contributed by atoms with Crippen molar-refractivity contribution in [2.24, 2.45) is 0 Å². The molecule has 0 atom stereocenters. The number of nitrogens with one attached hydrogen (secondary N) is 1. The molecule has 0 aliphatic carbocycles. The maximum atomic E-state index is 12.1. The van der Waals surface area contributed by atoms with E-state index >= 15 is 0 Å². The van der Waals surface area contributed by atoms with Crippen LogP contribution >= 0.6 is 0 Å². The Morgan fingerprint density at radius 3 is 2.29 bits per heavy atom. The minimum absolute atomic E-state index is 0.0202.